The normalized spacial score (nSPS) is 25.1. The summed E-state index contributed by atoms with van der Waals surface area (Å²) in [4.78, 5) is 0.194. The average molecular weight is 227 g/mol. The third-order valence-corrected chi connectivity index (χ3v) is 4.07. The Bertz CT molecular complexity index is 452. The van der Waals surface area contributed by atoms with Crippen molar-refractivity contribution >= 4 is 10.0 Å². The number of hydrogen-bond acceptors (Lipinski definition) is 3. The van der Waals surface area contributed by atoms with Gasteiger partial charge in [0, 0.05) is 6.04 Å². The van der Waals surface area contributed by atoms with Gasteiger partial charge in [-0.2, -0.15) is 0 Å². The van der Waals surface area contributed by atoms with Crippen LogP contribution in [0.25, 0.3) is 0 Å². The molecule has 82 valence electrons. The Morgan fingerprint density at radius 1 is 1.33 bits per heavy atom. The summed E-state index contributed by atoms with van der Waals surface area (Å²) in [6.45, 7) is 2.00. The number of hydrogen-bond donors (Lipinski definition) is 2. The summed E-state index contributed by atoms with van der Waals surface area (Å²) in [5.74, 6) is 0.491. The van der Waals surface area contributed by atoms with Crippen LogP contribution in [0.2, 0.25) is 0 Å². The van der Waals surface area contributed by atoms with Crippen molar-refractivity contribution in [2.75, 3.05) is 0 Å². The molecule has 0 heterocycles. The van der Waals surface area contributed by atoms with Crippen LogP contribution < -0.4 is 4.72 Å². The third kappa shape index (κ3) is 2.30. The fourth-order valence-electron chi connectivity index (χ4n) is 1.38. The molecule has 5 heteroatoms. The van der Waals surface area contributed by atoms with Crippen LogP contribution in [-0.2, 0) is 10.0 Å². The number of sulfonamides is 1. The molecule has 2 unspecified atom stereocenters. The molecule has 1 aromatic rings. The highest BCUT2D eigenvalue weighted by atomic mass is 32.2. The van der Waals surface area contributed by atoms with Crippen LogP contribution >= 0.6 is 0 Å². The first-order valence-corrected chi connectivity index (χ1v) is 6.29. The van der Waals surface area contributed by atoms with Gasteiger partial charge in [-0.15, -0.1) is 0 Å². The molecule has 0 spiro atoms. The maximum atomic E-state index is 11.7. The van der Waals surface area contributed by atoms with Crippen LogP contribution in [0.4, 0.5) is 0 Å². The molecule has 1 saturated carbocycles. The molecule has 1 aliphatic rings. The van der Waals surface area contributed by atoms with Crippen molar-refractivity contribution in [2.45, 2.75) is 24.3 Å². The molecule has 0 bridgehead atoms. The zero-order valence-electron chi connectivity index (χ0n) is 8.34. The Morgan fingerprint density at radius 2 is 1.87 bits per heavy atom. The monoisotopic (exact) mass is 227 g/mol. The molecule has 0 amide bonds. The van der Waals surface area contributed by atoms with Gasteiger partial charge < -0.3 is 5.11 Å². The molecule has 0 saturated heterocycles. The minimum atomic E-state index is -3.41. The lowest BCUT2D eigenvalue weighted by Gasteiger charge is -2.05. The maximum Gasteiger partial charge on any atom is 0.240 e. The minimum Gasteiger partial charge on any atom is -0.508 e. The molecular weight excluding hydrogens is 214 g/mol. The number of aromatic hydroxyl groups is 1. The van der Waals surface area contributed by atoms with Gasteiger partial charge in [-0.1, -0.05) is 6.92 Å². The van der Waals surface area contributed by atoms with Crippen molar-refractivity contribution in [3.8, 4) is 5.75 Å². The largest absolute Gasteiger partial charge is 0.508 e. The van der Waals surface area contributed by atoms with Gasteiger partial charge in [-0.25, -0.2) is 13.1 Å². The summed E-state index contributed by atoms with van der Waals surface area (Å²) < 4.78 is 26.1. The highest BCUT2D eigenvalue weighted by molar-refractivity contribution is 7.89. The van der Waals surface area contributed by atoms with Crippen LogP contribution in [0, 0.1) is 5.92 Å². The molecule has 1 aliphatic carbocycles. The second-order valence-corrected chi connectivity index (χ2v) is 5.65. The van der Waals surface area contributed by atoms with E-state index in [0.717, 1.165) is 6.42 Å². The van der Waals surface area contributed by atoms with Crippen LogP contribution in [-0.4, -0.2) is 19.6 Å². The molecule has 0 aromatic heterocycles. The fourth-order valence-corrected chi connectivity index (χ4v) is 2.74. The first-order chi connectivity index (χ1) is 6.99. The molecule has 1 fully saturated rings. The second-order valence-electron chi connectivity index (χ2n) is 3.93. The first-order valence-electron chi connectivity index (χ1n) is 4.80. The topological polar surface area (TPSA) is 66.4 Å². The first kappa shape index (κ1) is 10.4. The van der Waals surface area contributed by atoms with E-state index in [2.05, 4.69) is 4.72 Å². The van der Waals surface area contributed by atoms with Gasteiger partial charge in [0.05, 0.1) is 4.90 Å². The predicted molar refractivity (Wildman–Crippen MR) is 56.0 cm³/mol. The van der Waals surface area contributed by atoms with E-state index in [1.807, 2.05) is 6.92 Å². The van der Waals surface area contributed by atoms with Gasteiger partial charge in [0.1, 0.15) is 5.75 Å². The summed E-state index contributed by atoms with van der Waals surface area (Å²) in [6.07, 6.45) is 0.900. The zero-order valence-corrected chi connectivity index (χ0v) is 9.16. The van der Waals surface area contributed by atoms with E-state index in [1.54, 1.807) is 0 Å². The van der Waals surface area contributed by atoms with Gasteiger partial charge >= 0.3 is 0 Å². The summed E-state index contributed by atoms with van der Waals surface area (Å²) in [5.41, 5.74) is 0. The highest BCUT2D eigenvalue weighted by Crippen LogP contribution is 2.30. The Kier molecular flexibility index (Phi) is 2.44. The quantitative estimate of drug-likeness (QED) is 0.812. The van der Waals surface area contributed by atoms with E-state index in [0.29, 0.717) is 5.92 Å². The maximum absolute atomic E-state index is 11.7. The van der Waals surface area contributed by atoms with Crippen molar-refractivity contribution in [1.29, 1.82) is 0 Å². The Morgan fingerprint density at radius 3 is 2.33 bits per heavy atom. The molecule has 0 radical (unpaired) electrons. The summed E-state index contributed by atoms with van der Waals surface area (Å²) in [5, 5.41) is 9.04. The van der Waals surface area contributed by atoms with Gasteiger partial charge in [-0.05, 0) is 36.6 Å². The smallest absolute Gasteiger partial charge is 0.240 e. The Hall–Kier alpha value is -1.07. The van der Waals surface area contributed by atoms with Crippen molar-refractivity contribution in [3.63, 3.8) is 0 Å². The van der Waals surface area contributed by atoms with Crippen LogP contribution in [0.5, 0.6) is 5.75 Å². The van der Waals surface area contributed by atoms with Crippen LogP contribution in [0.1, 0.15) is 13.3 Å². The molecule has 15 heavy (non-hydrogen) atoms. The van der Waals surface area contributed by atoms with Gasteiger partial charge in [0.2, 0.25) is 10.0 Å². The van der Waals surface area contributed by atoms with Gasteiger partial charge in [-0.3, -0.25) is 0 Å². The standard InChI is InChI=1S/C10H13NO3S/c1-7-6-10(7)11-15(13,14)9-4-2-8(12)3-5-9/h2-5,7,10-12H,6H2,1H3. The molecular formula is C10H13NO3S. The van der Waals surface area contributed by atoms with E-state index in [-0.39, 0.29) is 16.7 Å². The number of rotatable bonds is 3. The van der Waals surface area contributed by atoms with E-state index in [4.69, 9.17) is 5.11 Å². The summed E-state index contributed by atoms with van der Waals surface area (Å²) in [7, 11) is -3.41. The number of benzene rings is 1. The van der Waals surface area contributed by atoms with E-state index < -0.39 is 10.0 Å². The van der Waals surface area contributed by atoms with Gasteiger partial charge in [0.15, 0.2) is 0 Å². The summed E-state index contributed by atoms with van der Waals surface area (Å²) >= 11 is 0. The highest BCUT2D eigenvalue weighted by Gasteiger charge is 2.36. The van der Waals surface area contributed by atoms with Crippen molar-refractivity contribution in [3.05, 3.63) is 24.3 Å². The number of phenols is 1. The lowest BCUT2D eigenvalue weighted by Crippen LogP contribution is -2.26. The third-order valence-electron chi connectivity index (χ3n) is 2.56. The van der Waals surface area contributed by atoms with Crippen molar-refractivity contribution in [1.82, 2.24) is 4.72 Å². The number of phenolic OH excluding ortho intramolecular Hbond substituents is 1. The molecule has 2 atom stereocenters. The van der Waals surface area contributed by atoms with Crippen molar-refractivity contribution < 1.29 is 13.5 Å². The minimum absolute atomic E-state index is 0.0636. The van der Waals surface area contributed by atoms with E-state index in [9.17, 15) is 8.42 Å². The van der Waals surface area contributed by atoms with Gasteiger partial charge in [0.25, 0.3) is 0 Å². The average Bonchev–Trinajstić information content (AvgIpc) is 2.81. The zero-order chi connectivity index (χ0) is 11.1. The fraction of sp³-hybridized carbons (Fsp3) is 0.400. The number of nitrogens with one attached hydrogen (secondary N) is 1. The predicted octanol–water partition coefficient (Wildman–Crippen LogP) is 1.08. The SMILES string of the molecule is CC1CC1NS(=O)(=O)c1ccc(O)cc1. The Labute approximate surface area is 89.0 Å². The molecule has 2 rings (SSSR count). The van der Waals surface area contributed by atoms with E-state index >= 15 is 0 Å². The molecule has 2 N–H and O–H groups in total. The lowest BCUT2D eigenvalue weighted by molar-refractivity contribution is 0.474. The Balaban J connectivity index is 2.18. The van der Waals surface area contributed by atoms with E-state index in [1.165, 1.54) is 24.3 Å². The molecule has 1 aromatic carbocycles. The molecule has 4 nitrogen and oxygen atoms in total. The second kappa shape index (κ2) is 3.50. The lowest BCUT2D eigenvalue weighted by atomic mass is 10.3. The van der Waals surface area contributed by atoms with Crippen molar-refractivity contribution in [2.24, 2.45) is 5.92 Å². The summed E-state index contributed by atoms with van der Waals surface area (Å²) in [6, 6.07) is 5.59. The van der Waals surface area contributed by atoms with Crippen LogP contribution in [0.3, 0.4) is 0 Å². The molecule has 0 aliphatic heterocycles. The van der Waals surface area contributed by atoms with Crippen LogP contribution in [0.15, 0.2) is 29.2 Å².